The van der Waals surface area contributed by atoms with E-state index in [1.165, 1.54) is 0 Å². The first-order valence-corrected chi connectivity index (χ1v) is 13.5. The van der Waals surface area contributed by atoms with Crippen LogP contribution in [0.1, 0.15) is 48.9 Å². The Labute approximate surface area is 235 Å². The molecule has 1 aliphatic rings. The molecule has 206 valence electrons. The number of ether oxygens (including phenoxy) is 1. The number of hydrogen-bond acceptors (Lipinski definition) is 8. The number of H-pyrrole nitrogens is 1. The Bertz CT molecular complexity index is 1730. The quantitative estimate of drug-likeness (QED) is 0.201. The van der Waals surface area contributed by atoms with E-state index in [-0.39, 0.29) is 18.0 Å². The molecule has 0 spiro atoms. The van der Waals surface area contributed by atoms with Crippen LogP contribution in [-0.4, -0.2) is 49.7 Å². The van der Waals surface area contributed by atoms with Crippen molar-refractivity contribution in [3.05, 3.63) is 59.1 Å². The van der Waals surface area contributed by atoms with Gasteiger partial charge in [0.25, 0.3) is 5.91 Å². The Morgan fingerprint density at radius 1 is 1.18 bits per heavy atom. The van der Waals surface area contributed by atoms with Crippen LogP contribution in [0.25, 0.3) is 33.3 Å². The van der Waals surface area contributed by atoms with Crippen molar-refractivity contribution in [2.24, 2.45) is 0 Å². The predicted molar refractivity (Wildman–Crippen MR) is 153 cm³/mol. The summed E-state index contributed by atoms with van der Waals surface area (Å²) in [6.07, 6.45) is 4.46. The molecule has 10 nitrogen and oxygen atoms in total. The van der Waals surface area contributed by atoms with Crippen molar-refractivity contribution in [2.75, 3.05) is 12.4 Å². The van der Waals surface area contributed by atoms with Crippen molar-refractivity contribution < 1.29 is 19.1 Å². The molecule has 1 aliphatic carbocycles. The van der Waals surface area contributed by atoms with Crippen LogP contribution in [0.15, 0.2) is 47.0 Å². The molecule has 0 bridgehead atoms. The number of amides is 1. The van der Waals surface area contributed by atoms with E-state index in [2.05, 4.69) is 20.6 Å². The van der Waals surface area contributed by atoms with Gasteiger partial charge in [0.15, 0.2) is 11.5 Å². The summed E-state index contributed by atoms with van der Waals surface area (Å²) in [5.74, 6) is 1.08. The molecule has 1 saturated carbocycles. The van der Waals surface area contributed by atoms with Gasteiger partial charge >= 0.3 is 0 Å². The maximum atomic E-state index is 12.0. The van der Waals surface area contributed by atoms with Crippen LogP contribution < -0.4 is 15.4 Å². The van der Waals surface area contributed by atoms with Gasteiger partial charge in [-0.2, -0.15) is 9.97 Å². The number of aliphatic hydroxyl groups is 1. The highest BCUT2D eigenvalue weighted by Gasteiger charge is 2.31. The first kappa shape index (κ1) is 26.1. The van der Waals surface area contributed by atoms with Crippen molar-refractivity contribution in [3.63, 3.8) is 0 Å². The molecule has 40 heavy (non-hydrogen) atoms. The number of aromatic nitrogens is 4. The molecule has 0 aliphatic heterocycles. The second-order valence-corrected chi connectivity index (χ2v) is 10.8. The Kier molecular flexibility index (Phi) is 6.59. The summed E-state index contributed by atoms with van der Waals surface area (Å²) >= 11 is 6.48. The summed E-state index contributed by atoms with van der Waals surface area (Å²) in [6.45, 7) is 3.68. The van der Waals surface area contributed by atoms with E-state index < -0.39 is 5.60 Å². The molecule has 0 atom stereocenters. The number of nitrogens with zero attached hydrogens (tertiary/aromatic N) is 3. The van der Waals surface area contributed by atoms with E-state index in [9.17, 15) is 9.90 Å². The van der Waals surface area contributed by atoms with Crippen LogP contribution in [0.4, 0.5) is 11.6 Å². The van der Waals surface area contributed by atoms with Gasteiger partial charge in [0.1, 0.15) is 17.3 Å². The molecular formula is C29H29ClN6O4. The summed E-state index contributed by atoms with van der Waals surface area (Å²) in [5.41, 5.74) is 4.13. The number of oxazole rings is 1. The van der Waals surface area contributed by atoms with Crippen molar-refractivity contribution in [1.29, 1.82) is 0 Å². The van der Waals surface area contributed by atoms with Gasteiger partial charge in [-0.1, -0.05) is 17.7 Å². The number of hydrogen-bond donors (Lipinski definition) is 4. The number of fused-ring (bicyclic) bond motifs is 2. The van der Waals surface area contributed by atoms with Gasteiger partial charge in [-0.25, -0.2) is 4.98 Å². The third-order valence-electron chi connectivity index (χ3n) is 7.30. The Balaban J connectivity index is 1.40. The van der Waals surface area contributed by atoms with Gasteiger partial charge < -0.3 is 29.9 Å². The smallest absolute Gasteiger partial charge is 0.251 e. The second-order valence-electron chi connectivity index (χ2n) is 10.4. The number of carbonyl (C=O) groups is 1. The molecule has 0 unspecified atom stereocenters. The number of aryl methyl sites for hydroxylation is 1. The molecule has 5 aromatic rings. The topological polar surface area (TPSA) is 138 Å². The summed E-state index contributed by atoms with van der Waals surface area (Å²) in [6, 6.07) is 10.8. The van der Waals surface area contributed by atoms with Crippen molar-refractivity contribution in [3.8, 4) is 17.0 Å². The molecule has 0 radical (unpaired) electrons. The second kappa shape index (κ2) is 10.1. The van der Waals surface area contributed by atoms with Crippen LogP contribution >= 0.6 is 11.6 Å². The third kappa shape index (κ3) is 5.07. The number of nitrogens with one attached hydrogen (secondary N) is 3. The first-order valence-electron chi connectivity index (χ1n) is 13.1. The molecule has 6 rings (SSSR count). The number of carbonyl (C=O) groups excluding carboxylic acids is 1. The minimum Gasteiger partial charge on any atom is -0.474 e. The molecule has 1 amide bonds. The Hall–Kier alpha value is -4.15. The van der Waals surface area contributed by atoms with Gasteiger partial charge in [-0.3, -0.25) is 4.79 Å². The fourth-order valence-corrected chi connectivity index (χ4v) is 5.32. The minimum atomic E-state index is -0.685. The number of halogens is 1. The van der Waals surface area contributed by atoms with Crippen molar-refractivity contribution >= 4 is 51.3 Å². The monoisotopic (exact) mass is 560 g/mol. The lowest BCUT2D eigenvalue weighted by atomic mass is 9.85. The summed E-state index contributed by atoms with van der Waals surface area (Å²) < 4.78 is 12.3. The number of benzene rings is 2. The minimum absolute atomic E-state index is 0.108. The largest absolute Gasteiger partial charge is 0.474 e. The maximum Gasteiger partial charge on any atom is 0.251 e. The highest BCUT2D eigenvalue weighted by molar-refractivity contribution is 6.33. The van der Waals surface area contributed by atoms with E-state index in [1.807, 2.05) is 38.2 Å². The van der Waals surface area contributed by atoms with Gasteiger partial charge in [0.2, 0.25) is 11.8 Å². The van der Waals surface area contributed by atoms with Crippen LogP contribution in [0.3, 0.4) is 0 Å². The van der Waals surface area contributed by atoms with Crippen LogP contribution in [-0.2, 0) is 0 Å². The Morgan fingerprint density at radius 2 is 1.98 bits per heavy atom. The van der Waals surface area contributed by atoms with Gasteiger partial charge in [-0.15, -0.1) is 0 Å². The highest BCUT2D eigenvalue weighted by Crippen LogP contribution is 2.38. The fraction of sp³-hybridized carbons (Fsp3) is 0.310. The van der Waals surface area contributed by atoms with E-state index >= 15 is 0 Å². The average Bonchev–Trinajstić information content (AvgIpc) is 3.52. The van der Waals surface area contributed by atoms with Crippen LogP contribution in [0.5, 0.6) is 5.88 Å². The lowest BCUT2D eigenvalue weighted by molar-refractivity contribution is -0.0114. The standard InChI is InChI=1S/C29H29ClN6O4/c1-15-33-22-7-4-16(13-23(22)39-15)19-14-32-25-24(19)27(40-18-8-10-29(2,38)11-9-18)36-28(35-25)34-21-6-5-17(12-20(21)30)26(37)31-3/h4-7,12-14,18,38H,8-11H2,1-3H3,(H,31,37)(H2,32,34,35,36). The van der Waals surface area contributed by atoms with E-state index in [1.54, 1.807) is 25.2 Å². The molecule has 3 heterocycles. The van der Waals surface area contributed by atoms with Gasteiger partial charge in [0, 0.05) is 31.3 Å². The summed E-state index contributed by atoms with van der Waals surface area (Å²) in [7, 11) is 1.57. The molecule has 3 aromatic heterocycles. The van der Waals surface area contributed by atoms with Crippen molar-refractivity contribution in [1.82, 2.24) is 25.3 Å². The molecule has 11 heteroatoms. The number of aromatic amines is 1. The van der Waals surface area contributed by atoms with E-state index in [0.29, 0.717) is 65.0 Å². The number of anilines is 2. The maximum absolute atomic E-state index is 12.0. The zero-order valence-corrected chi connectivity index (χ0v) is 23.1. The van der Waals surface area contributed by atoms with Crippen LogP contribution in [0.2, 0.25) is 5.02 Å². The highest BCUT2D eigenvalue weighted by atomic mass is 35.5. The Morgan fingerprint density at radius 3 is 2.73 bits per heavy atom. The molecule has 1 fully saturated rings. The summed E-state index contributed by atoms with van der Waals surface area (Å²) in [5, 5.41) is 17.3. The van der Waals surface area contributed by atoms with E-state index in [0.717, 1.165) is 22.0 Å². The number of rotatable bonds is 6. The average molecular weight is 561 g/mol. The summed E-state index contributed by atoms with van der Waals surface area (Å²) in [4.78, 5) is 29.1. The van der Waals surface area contributed by atoms with Gasteiger partial charge in [0.05, 0.1) is 21.7 Å². The zero-order valence-electron chi connectivity index (χ0n) is 22.3. The SMILES string of the molecule is CNC(=O)c1ccc(Nc2nc(OC3CCC(C)(O)CC3)c3c(-c4ccc5nc(C)oc5c4)c[nH]c3n2)c(Cl)c1. The molecular weight excluding hydrogens is 532 g/mol. The predicted octanol–water partition coefficient (Wildman–Crippen LogP) is 5.90. The lowest BCUT2D eigenvalue weighted by Crippen LogP contribution is -2.35. The van der Waals surface area contributed by atoms with Crippen LogP contribution in [0, 0.1) is 6.92 Å². The lowest BCUT2D eigenvalue weighted by Gasteiger charge is -2.33. The first-order chi connectivity index (χ1) is 19.2. The molecule has 0 saturated heterocycles. The molecule has 2 aromatic carbocycles. The van der Waals surface area contributed by atoms with Crippen molar-refractivity contribution in [2.45, 2.75) is 51.2 Å². The molecule has 4 N–H and O–H groups in total. The zero-order chi connectivity index (χ0) is 28.0. The normalized spacial score (nSPS) is 19.2. The van der Waals surface area contributed by atoms with E-state index in [4.69, 9.17) is 30.7 Å². The third-order valence-corrected chi connectivity index (χ3v) is 7.61. The fourth-order valence-electron chi connectivity index (χ4n) is 5.09. The van der Waals surface area contributed by atoms with Gasteiger partial charge in [-0.05, 0) is 68.5 Å².